The molecular weight excluding hydrogens is 164 g/mol. The van der Waals surface area contributed by atoms with Crippen molar-refractivity contribution in [3.8, 4) is 0 Å². The largest absolute Gasteiger partial charge is 0.378 e. The minimum Gasteiger partial charge on any atom is -0.378 e. The first-order chi connectivity index (χ1) is 6.31. The van der Waals surface area contributed by atoms with Crippen LogP contribution in [0.15, 0.2) is 0 Å². The monoisotopic (exact) mass is 180 g/mol. The molecule has 2 saturated heterocycles. The average Bonchev–Trinajstić information content (AvgIpc) is 2.07. The molecule has 0 amide bonds. The van der Waals surface area contributed by atoms with Gasteiger partial charge in [0, 0.05) is 18.0 Å². The molecule has 0 aromatic rings. The second-order valence-electron chi connectivity index (χ2n) is 4.19. The van der Waals surface area contributed by atoms with Gasteiger partial charge in [0.1, 0.15) is 0 Å². The zero-order valence-electron chi connectivity index (χ0n) is 8.07. The Kier molecular flexibility index (Phi) is 2.52. The van der Waals surface area contributed by atoms with Gasteiger partial charge in [-0.2, -0.15) is 0 Å². The van der Waals surface area contributed by atoms with Gasteiger partial charge >= 0.3 is 0 Å². The number of piperidine rings is 1. The molecule has 0 spiro atoms. The third-order valence-electron chi connectivity index (χ3n) is 3.33. The molecule has 2 aliphatic rings. The highest BCUT2D eigenvalue weighted by Crippen LogP contribution is 2.30. The third-order valence-corrected chi connectivity index (χ3v) is 3.33. The van der Waals surface area contributed by atoms with E-state index in [9.17, 15) is 0 Å². The van der Waals surface area contributed by atoms with Gasteiger partial charge in [-0.3, -0.25) is 4.90 Å². The third kappa shape index (κ3) is 1.70. The van der Waals surface area contributed by atoms with E-state index in [0.29, 0.717) is 24.5 Å². The fourth-order valence-electron chi connectivity index (χ4n) is 2.49. The molecule has 0 aromatic heterocycles. The van der Waals surface area contributed by atoms with Crippen LogP contribution < -0.4 is 0 Å². The van der Waals surface area contributed by atoms with Crippen molar-refractivity contribution < 1.29 is 4.74 Å². The van der Waals surface area contributed by atoms with Crippen molar-refractivity contribution in [1.82, 2.24) is 4.90 Å². The van der Waals surface area contributed by atoms with Crippen molar-refractivity contribution in [3.63, 3.8) is 0 Å². The van der Waals surface area contributed by atoms with Gasteiger partial charge in [-0.15, -0.1) is 0 Å². The van der Waals surface area contributed by atoms with Crippen LogP contribution in [0.1, 0.15) is 12.8 Å². The van der Waals surface area contributed by atoms with Crippen molar-refractivity contribution in [2.75, 3.05) is 26.8 Å². The van der Waals surface area contributed by atoms with Gasteiger partial charge in [-0.25, -0.2) is 6.57 Å². The standard InChI is InChI=1S/C10H16N2O/c1-11-5-8-3-9-6-13-7-10(4-8)12(9)2/h8-10H,3-7H2,2H3/t8?,9-,10+. The zero-order chi connectivity index (χ0) is 9.26. The van der Waals surface area contributed by atoms with Crippen molar-refractivity contribution in [2.24, 2.45) is 5.92 Å². The van der Waals surface area contributed by atoms with E-state index < -0.39 is 0 Å². The predicted octanol–water partition coefficient (Wildman–Crippen LogP) is 1.01. The van der Waals surface area contributed by atoms with E-state index in [2.05, 4.69) is 16.8 Å². The van der Waals surface area contributed by atoms with Crippen molar-refractivity contribution in [2.45, 2.75) is 24.9 Å². The Bertz CT molecular complexity index is 209. The smallest absolute Gasteiger partial charge is 0.217 e. The molecule has 2 bridgehead atoms. The van der Waals surface area contributed by atoms with E-state index in [0.717, 1.165) is 26.1 Å². The Hall–Kier alpha value is -0.590. The topological polar surface area (TPSA) is 16.8 Å². The summed E-state index contributed by atoms with van der Waals surface area (Å²) in [5.41, 5.74) is 0. The Balaban J connectivity index is 2.00. The van der Waals surface area contributed by atoms with Gasteiger partial charge in [0.05, 0.1) is 13.2 Å². The van der Waals surface area contributed by atoms with Gasteiger partial charge in [-0.1, -0.05) is 0 Å². The first-order valence-electron chi connectivity index (χ1n) is 4.94. The normalized spacial score (nSPS) is 39.8. The Morgan fingerprint density at radius 2 is 2.00 bits per heavy atom. The lowest BCUT2D eigenvalue weighted by atomic mass is 9.85. The van der Waals surface area contributed by atoms with Crippen LogP contribution in [0.3, 0.4) is 0 Å². The lowest BCUT2D eigenvalue weighted by Gasteiger charge is -2.45. The molecule has 0 saturated carbocycles. The lowest BCUT2D eigenvalue weighted by Crippen LogP contribution is -2.55. The Morgan fingerprint density at radius 3 is 2.54 bits per heavy atom. The van der Waals surface area contributed by atoms with Crippen LogP contribution in [0.2, 0.25) is 0 Å². The number of fused-ring (bicyclic) bond motifs is 2. The maximum atomic E-state index is 6.88. The quantitative estimate of drug-likeness (QED) is 0.560. The molecule has 0 radical (unpaired) electrons. The first kappa shape index (κ1) is 8.98. The van der Waals surface area contributed by atoms with Crippen LogP contribution >= 0.6 is 0 Å². The van der Waals surface area contributed by atoms with Crippen molar-refractivity contribution in [3.05, 3.63) is 11.4 Å². The van der Waals surface area contributed by atoms with Crippen LogP contribution in [-0.4, -0.2) is 43.8 Å². The van der Waals surface area contributed by atoms with Gasteiger partial charge in [-0.05, 0) is 19.9 Å². The molecule has 13 heavy (non-hydrogen) atoms. The summed E-state index contributed by atoms with van der Waals surface area (Å²) in [6, 6.07) is 1.14. The molecule has 2 rings (SSSR count). The van der Waals surface area contributed by atoms with Crippen LogP contribution in [0.4, 0.5) is 0 Å². The summed E-state index contributed by atoms with van der Waals surface area (Å²) >= 11 is 0. The highest BCUT2D eigenvalue weighted by Gasteiger charge is 2.37. The number of morpholine rings is 1. The molecule has 3 atom stereocenters. The molecule has 3 nitrogen and oxygen atoms in total. The number of ether oxygens (including phenoxy) is 1. The maximum Gasteiger partial charge on any atom is 0.217 e. The maximum absolute atomic E-state index is 6.88. The summed E-state index contributed by atoms with van der Waals surface area (Å²) < 4.78 is 5.51. The number of rotatable bonds is 1. The SMILES string of the molecule is [C-]#[N+]CC1C[C@H]2COC[C@@H](C1)N2C. The molecule has 0 aliphatic carbocycles. The van der Waals surface area contributed by atoms with E-state index in [1.54, 1.807) is 0 Å². The predicted molar refractivity (Wildman–Crippen MR) is 50.4 cm³/mol. The minimum atomic E-state index is 0.569. The number of likely N-dealkylation sites (N-methyl/N-ethyl adjacent to an activating group) is 1. The van der Waals surface area contributed by atoms with Gasteiger partial charge in [0.2, 0.25) is 6.54 Å². The average molecular weight is 180 g/mol. The second-order valence-corrected chi connectivity index (χ2v) is 4.19. The molecule has 2 aliphatic heterocycles. The zero-order valence-corrected chi connectivity index (χ0v) is 8.07. The molecule has 1 unspecified atom stereocenters. The molecule has 72 valence electrons. The lowest BCUT2D eigenvalue weighted by molar-refractivity contribution is -0.0727. The Labute approximate surface area is 79.5 Å². The van der Waals surface area contributed by atoms with Crippen LogP contribution in [0, 0.1) is 12.5 Å². The fraction of sp³-hybridized carbons (Fsp3) is 0.900. The molecular formula is C10H16N2O. The highest BCUT2D eigenvalue weighted by molar-refractivity contribution is 4.91. The molecule has 2 heterocycles. The number of hydrogen-bond acceptors (Lipinski definition) is 2. The molecule has 0 aromatic carbocycles. The van der Waals surface area contributed by atoms with E-state index in [1.165, 1.54) is 0 Å². The van der Waals surface area contributed by atoms with Crippen molar-refractivity contribution in [1.29, 1.82) is 0 Å². The summed E-state index contributed by atoms with van der Waals surface area (Å²) in [4.78, 5) is 5.94. The summed E-state index contributed by atoms with van der Waals surface area (Å²) in [5, 5.41) is 0. The highest BCUT2D eigenvalue weighted by atomic mass is 16.5. The van der Waals surface area contributed by atoms with Crippen LogP contribution in [0.5, 0.6) is 0 Å². The number of hydrogen-bond donors (Lipinski definition) is 0. The van der Waals surface area contributed by atoms with Gasteiger partial charge in [0.15, 0.2) is 0 Å². The van der Waals surface area contributed by atoms with Gasteiger partial charge in [0.25, 0.3) is 0 Å². The van der Waals surface area contributed by atoms with E-state index in [-0.39, 0.29) is 0 Å². The first-order valence-corrected chi connectivity index (χ1v) is 4.94. The molecule has 2 fully saturated rings. The van der Waals surface area contributed by atoms with E-state index in [4.69, 9.17) is 11.3 Å². The minimum absolute atomic E-state index is 0.569. The molecule has 3 heteroatoms. The van der Waals surface area contributed by atoms with E-state index >= 15 is 0 Å². The summed E-state index contributed by atoms with van der Waals surface area (Å²) in [7, 11) is 2.19. The summed E-state index contributed by atoms with van der Waals surface area (Å²) in [5.74, 6) is 0.618. The van der Waals surface area contributed by atoms with E-state index in [1.807, 2.05) is 0 Å². The van der Waals surface area contributed by atoms with Crippen molar-refractivity contribution >= 4 is 0 Å². The van der Waals surface area contributed by atoms with Crippen LogP contribution in [0.25, 0.3) is 4.85 Å². The fourth-order valence-corrected chi connectivity index (χ4v) is 2.49. The summed E-state index contributed by atoms with van der Waals surface area (Å²) in [6.07, 6.45) is 2.30. The Morgan fingerprint density at radius 1 is 1.38 bits per heavy atom. The van der Waals surface area contributed by atoms with Gasteiger partial charge < -0.3 is 9.58 Å². The number of nitrogens with zero attached hydrogens (tertiary/aromatic N) is 2. The van der Waals surface area contributed by atoms with Crippen LogP contribution in [-0.2, 0) is 4.74 Å². The second kappa shape index (κ2) is 3.65. The summed E-state index contributed by atoms with van der Waals surface area (Å²) in [6.45, 7) is 9.31. The molecule has 0 N–H and O–H groups in total.